The maximum Gasteiger partial charge on any atom is 0.407 e. The Morgan fingerprint density at radius 2 is 1.14 bits per heavy atom. The van der Waals surface area contributed by atoms with Gasteiger partial charge >= 0.3 is 12.2 Å². The fraction of sp³-hybridized carbons (Fsp3) is 0.724. The third-order valence-electron chi connectivity index (χ3n) is 5.05. The summed E-state index contributed by atoms with van der Waals surface area (Å²) in [6.07, 6.45) is -0.896. The van der Waals surface area contributed by atoms with E-state index in [-0.39, 0.29) is 29.5 Å². The zero-order chi connectivity index (χ0) is 29.1. The molecule has 0 saturated carbocycles. The molecule has 0 heterocycles. The molecule has 0 radical (unpaired) electrons. The van der Waals surface area contributed by atoms with Crippen LogP contribution < -0.4 is 10.6 Å². The first-order chi connectivity index (χ1) is 16.6. The maximum absolute atomic E-state index is 12.0. The van der Waals surface area contributed by atoms with Gasteiger partial charge in [-0.2, -0.15) is 0 Å². The molecule has 214 valence electrons. The molecule has 0 aliphatic heterocycles. The number of carbonyl (C=O) groups excluding carboxylic acids is 2. The average molecular weight is 525 g/mol. The molecule has 0 bridgehead atoms. The smallest absolute Gasteiger partial charge is 0.407 e. The summed E-state index contributed by atoms with van der Waals surface area (Å²) in [5, 5.41) is 14.7. The van der Waals surface area contributed by atoms with Crippen molar-refractivity contribution in [3.8, 4) is 0 Å². The van der Waals surface area contributed by atoms with Gasteiger partial charge in [0, 0.05) is 0 Å². The van der Waals surface area contributed by atoms with Gasteiger partial charge in [-0.1, -0.05) is 71.9 Å². The topological polar surface area (TPSA) is 106 Å². The molecule has 0 aliphatic rings. The number of hydrogen-bond acceptors (Lipinski definition) is 6. The van der Waals surface area contributed by atoms with Crippen molar-refractivity contribution in [3.63, 3.8) is 0 Å². The van der Waals surface area contributed by atoms with Crippen molar-refractivity contribution in [1.29, 1.82) is 0 Å². The molecule has 8 nitrogen and oxygen atoms in total. The van der Waals surface area contributed by atoms with Gasteiger partial charge in [-0.3, -0.25) is 0 Å². The van der Waals surface area contributed by atoms with E-state index in [9.17, 15) is 9.59 Å². The van der Waals surface area contributed by atoms with E-state index in [0.29, 0.717) is 13.2 Å². The first-order valence-corrected chi connectivity index (χ1v) is 12.9. The van der Waals surface area contributed by atoms with Crippen LogP contribution in [0.15, 0.2) is 30.3 Å². The van der Waals surface area contributed by atoms with E-state index in [1.54, 1.807) is 20.8 Å². The number of aliphatic hydroxyl groups is 1. The van der Waals surface area contributed by atoms with Gasteiger partial charge in [-0.25, -0.2) is 9.59 Å². The van der Waals surface area contributed by atoms with Crippen molar-refractivity contribution in [3.05, 3.63) is 35.9 Å². The number of aliphatic hydroxyl groups excluding tert-OH is 1. The highest BCUT2D eigenvalue weighted by Crippen LogP contribution is 2.21. The van der Waals surface area contributed by atoms with Crippen LogP contribution in [0.2, 0.25) is 0 Å². The van der Waals surface area contributed by atoms with Crippen molar-refractivity contribution >= 4 is 12.2 Å². The van der Waals surface area contributed by atoms with Crippen molar-refractivity contribution in [2.45, 2.75) is 113 Å². The molecule has 0 unspecified atom stereocenters. The summed E-state index contributed by atoms with van der Waals surface area (Å²) in [5.41, 5.74) is -0.203. The molecule has 37 heavy (non-hydrogen) atoms. The minimum absolute atomic E-state index is 0.0945. The average Bonchev–Trinajstić information content (AvgIpc) is 2.68. The van der Waals surface area contributed by atoms with Crippen molar-refractivity contribution < 1.29 is 28.9 Å². The van der Waals surface area contributed by atoms with Crippen LogP contribution in [0, 0.1) is 10.8 Å². The van der Waals surface area contributed by atoms with Gasteiger partial charge in [0.05, 0.1) is 31.9 Å². The minimum atomic E-state index is -0.512. The highest BCUT2D eigenvalue weighted by molar-refractivity contribution is 5.68. The van der Waals surface area contributed by atoms with E-state index in [2.05, 4.69) is 31.4 Å². The number of nitrogens with one attached hydrogen (secondary N) is 2. The molecule has 1 rings (SSSR count). The molecular weight excluding hydrogens is 472 g/mol. The summed E-state index contributed by atoms with van der Waals surface area (Å²) in [6.45, 7) is 23.9. The van der Waals surface area contributed by atoms with Gasteiger partial charge < -0.3 is 30.0 Å². The predicted octanol–water partition coefficient (Wildman–Crippen LogP) is 6.06. The number of benzene rings is 1. The minimum Gasteiger partial charge on any atom is -0.444 e. The van der Waals surface area contributed by atoms with Crippen LogP contribution in [-0.2, 0) is 20.8 Å². The van der Waals surface area contributed by atoms with E-state index in [4.69, 9.17) is 19.3 Å². The van der Waals surface area contributed by atoms with Crippen molar-refractivity contribution in [1.82, 2.24) is 10.6 Å². The molecule has 8 heteroatoms. The predicted molar refractivity (Wildman–Crippen MR) is 148 cm³/mol. The summed E-state index contributed by atoms with van der Waals surface area (Å²) in [4.78, 5) is 23.4. The van der Waals surface area contributed by atoms with Crippen LogP contribution in [0.5, 0.6) is 0 Å². The third-order valence-corrected chi connectivity index (χ3v) is 5.05. The van der Waals surface area contributed by atoms with Crippen LogP contribution in [0.3, 0.4) is 0 Å². The van der Waals surface area contributed by atoms with Gasteiger partial charge in [-0.15, -0.1) is 0 Å². The van der Waals surface area contributed by atoms with E-state index in [0.717, 1.165) is 5.56 Å². The molecule has 0 aliphatic carbocycles. The second-order valence-electron chi connectivity index (χ2n) is 13.3. The molecule has 2 atom stereocenters. The second-order valence-corrected chi connectivity index (χ2v) is 13.3. The highest BCUT2D eigenvalue weighted by Gasteiger charge is 2.29. The molecule has 1 aromatic rings. The Morgan fingerprint density at radius 1 is 0.730 bits per heavy atom. The monoisotopic (exact) mass is 524 g/mol. The molecule has 0 saturated heterocycles. The number of rotatable bonds is 7. The normalized spacial score (nSPS) is 14.0. The summed E-state index contributed by atoms with van der Waals surface area (Å²) in [6, 6.07) is 9.57. The van der Waals surface area contributed by atoms with Gasteiger partial charge in [0.25, 0.3) is 0 Å². The molecule has 0 spiro atoms. The van der Waals surface area contributed by atoms with Crippen LogP contribution in [0.4, 0.5) is 9.59 Å². The Balaban J connectivity index is 0.000000757. The van der Waals surface area contributed by atoms with Crippen LogP contribution in [0.25, 0.3) is 0 Å². The first kappa shape index (κ1) is 34.7. The maximum atomic E-state index is 12.0. The molecule has 2 amide bonds. The van der Waals surface area contributed by atoms with E-state index in [1.165, 1.54) is 0 Å². The molecule has 0 fully saturated rings. The molecule has 1 aromatic carbocycles. The van der Waals surface area contributed by atoms with Gasteiger partial charge in [0.1, 0.15) is 11.2 Å². The quantitative estimate of drug-likeness (QED) is 0.400. The van der Waals surface area contributed by atoms with Crippen molar-refractivity contribution in [2.24, 2.45) is 10.8 Å². The Morgan fingerprint density at radius 3 is 1.49 bits per heavy atom. The second kappa shape index (κ2) is 14.6. The number of hydrogen-bond donors (Lipinski definition) is 3. The lowest BCUT2D eigenvalue weighted by Gasteiger charge is -2.32. The molecule has 3 N–H and O–H groups in total. The lowest BCUT2D eigenvalue weighted by molar-refractivity contribution is 0.0302. The van der Waals surface area contributed by atoms with E-state index in [1.807, 2.05) is 71.9 Å². The SMILES string of the molecule is CC(C)(C)OC(=O)N[C@H](CO)C(C)(C)C.CC(C)(C)OC(=O)N[C@H](COCc1ccccc1)C(C)(C)C. The lowest BCUT2D eigenvalue weighted by atomic mass is 9.87. The Hall–Kier alpha value is -2.32. The summed E-state index contributed by atoms with van der Waals surface area (Å²) in [5.74, 6) is 0. The Bertz CT molecular complexity index is 799. The van der Waals surface area contributed by atoms with E-state index >= 15 is 0 Å². The van der Waals surface area contributed by atoms with Gasteiger partial charge in [0.2, 0.25) is 0 Å². The number of amides is 2. The summed E-state index contributed by atoms with van der Waals surface area (Å²) < 4.78 is 16.2. The van der Waals surface area contributed by atoms with Crippen LogP contribution in [0.1, 0.15) is 88.6 Å². The fourth-order valence-corrected chi connectivity index (χ4v) is 2.81. The molecular formula is C29H52N2O6. The first-order valence-electron chi connectivity index (χ1n) is 12.9. The summed E-state index contributed by atoms with van der Waals surface area (Å²) in [7, 11) is 0. The largest absolute Gasteiger partial charge is 0.444 e. The fourth-order valence-electron chi connectivity index (χ4n) is 2.81. The molecule has 0 aromatic heterocycles. The summed E-state index contributed by atoms with van der Waals surface area (Å²) >= 11 is 0. The van der Waals surface area contributed by atoms with Crippen LogP contribution in [-0.4, -0.2) is 53.8 Å². The van der Waals surface area contributed by atoms with E-state index < -0.39 is 23.4 Å². The zero-order valence-electron chi connectivity index (χ0n) is 25.2. The number of carbonyl (C=O) groups is 2. The highest BCUT2D eigenvalue weighted by atomic mass is 16.6. The van der Waals surface area contributed by atoms with Gasteiger partial charge in [0.15, 0.2) is 0 Å². The lowest BCUT2D eigenvalue weighted by Crippen LogP contribution is -2.48. The number of ether oxygens (including phenoxy) is 3. The Labute approximate surface area is 224 Å². The van der Waals surface area contributed by atoms with Gasteiger partial charge in [-0.05, 0) is 57.9 Å². The standard InChI is InChI=1S/C18H29NO3.C11H23NO3/c1-17(2,3)15(19-16(20)22-18(4,5)6)13-21-12-14-10-8-7-9-11-14;1-10(2,3)8(7-13)12-9(14)15-11(4,5)6/h7-11,15H,12-13H2,1-6H3,(H,19,20);8,13H,7H2,1-6H3,(H,12,14)/t15-;8-/m11/s1. The Kier molecular flexibility index (Phi) is 13.7. The van der Waals surface area contributed by atoms with Crippen molar-refractivity contribution in [2.75, 3.05) is 13.2 Å². The van der Waals surface area contributed by atoms with Crippen LogP contribution >= 0.6 is 0 Å². The zero-order valence-corrected chi connectivity index (χ0v) is 25.2. The number of alkyl carbamates (subject to hydrolysis) is 2. The third kappa shape index (κ3) is 17.7.